The molecule has 1 fully saturated rings. The largest absolute Gasteiger partial charge is 0.381 e. The van der Waals surface area contributed by atoms with E-state index in [1.165, 1.54) is 0 Å². The second-order valence-corrected chi connectivity index (χ2v) is 4.02. The molecule has 14 heavy (non-hydrogen) atoms. The molecule has 0 radical (unpaired) electrons. The molecular formula is C10H20N2O2. The average molecular weight is 200 g/mol. The van der Waals surface area contributed by atoms with Crippen molar-refractivity contribution < 1.29 is 9.53 Å². The van der Waals surface area contributed by atoms with Crippen LogP contribution >= 0.6 is 0 Å². The van der Waals surface area contributed by atoms with Crippen molar-refractivity contribution in [1.82, 2.24) is 5.32 Å². The number of hydrogen-bond donors (Lipinski definition) is 2. The van der Waals surface area contributed by atoms with Crippen molar-refractivity contribution in [1.29, 1.82) is 0 Å². The molecule has 1 rings (SSSR count). The summed E-state index contributed by atoms with van der Waals surface area (Å²) in [6, 6.07) is 0. The molecule has 1 aliphatic rings. The molecule has 0 saturated carbocycles. The van der Waals surface area contributed by atoms with Crippen molar-refractivity contribution in [2.75, 3.05) is 26.3 Å². The summed E-state index contributed by atoms with van der Waals surface area (Å²) in [5.74, 6) is 0.392. The van der Waals surface area contributed by atoms with Crippen molar-refractivity contribution in [2.24, 2.45) is 17.6 Å². The number of nitrogens with one attached hydrogen (secondary N) is 1. The maximum absolute atomic E-state index is 10.7. The predicted molar refractivity (Wildman–Crippen MR) is 54.8 cm³/mol. The average Bonchev–Trinajstić information content (AvgIpc) is 2.19. The van der Waals surface area contributed by atoms with Crippen molar-refractivity contribution in [3.05, 3.63) is 0 Å². The zero-order valence-electron chi connectivity index (χ0n) is 8.79. The SMILES string of the molecule is CC(CNCC1CCOCC1)C(N)=O. The van der Waals surface area contributed by atoms with Gasteiger partial charge in [0.15, 0.2) is 0 Å². The van der Waals surface area contributed by atoms with E-state index in [0.717, 1.165) is 32.6 Å². The number of carbonyl (C=O) groups is 1. The standard InChI is InChI=1S/C10H20N2O2/c1-8(10(11)13)6-12-7-9-2-4-14-5-3-9/h8-9,12H,2-7H2,1H3,(H2,11,13). The lowest BCUT2D eigenvalue weighted by molar-refractivity contribution is -0.121. The summed E-state index contributed by atoms with van der Waals surface area (Å²) in [6.07, 6.45) is 2.25. The summed E-state index contributed by atoms with van der Waals surface area (Å²) >= 11 is 0. The fraction of sp³-hybridized carbons (Fsp3) is 0.900. The van der Waals surface area contributed by atoms with Gasteiger partial charge in [-0.3, -0.25) is 4.79 Å². The molecule has 1 unspecified atom stereocenters. The maximum Gasteiger partial charge on any atom is 0.221 e. The second-order valence-electron chi connectivity index (χ2n) is 4.02. The van der Waals surface area contributed by atoms with Gasteiger partial charge in [-0.05, 0) is 25.3 Å². The molecule has 1 aliphatic heterocycles. The minimum absolute atomic E-state index is 0.0742. The lowest BCUT2D eigenvalue weighted by Gasteiger charge is -2.22. The van der Waals surface area contributed by atoms with Crippen molar-refractivity contribution in [3.63, 3.8) is 0 Å². The second kappa shape index (κ2) is 5.98. The van der Waals surface area contributed by atoms with E-state index in [4.69, 9.17) is 10.5 Å². The highest BCUT2D eigenvalue weighted by Gasteiger charge is 2.14. The first-order chi connectivity index (χ1) is 6.70. The van der Waals surface area contributed by atoms with Gasteiger partial charge in [-0.25, -0.2) is 0 Å². The molecule has 0 aromatic heterocycles. The van der Waals surface area contributed by atoms with Crippen molar-refractivity contribution in [2.45, 2.75) is 19.8 Å². The molecule has 0 aromatic rings. The highest BCUT2D eigenvalue weighted by atomic mass is 16.5. The van der Waals surface area contributed by atoms with E-state index < -0.39 is 0 Å². The number of amides is 1. The Labute approximate surface area is 85.2 Å². The third-order valence-corrected chi connectivity index (χ3v) is 2.71. The normalized spacial score (nSPS) is 20.6. The Morgan fingerprint density at radius 1 is 1.57 bits per heavy atom. The first kappa shape index (κ1) is 11.5. The van der Waals surface area contributed by atoms with Crippen LogP contribution in [0.4, 0.5) is 0 Å². The van der Waals surface area contributed by atoms with Crippen LogP contribution in [-0.2, 0) is 9.53 Å². The van der Waals surface area contributed by atoms with E-state index in [9.17, 15) is 4.79 Å². The predicted octanol–water partition coefficient (Wildman–Crippen LogP) is 0.124. The molecule has 82 valence electrons. The van der Waals surface area contributed by atoms with E-state index in [1.54, 1.807) is 0 Å². The fourth-order valence-corrected chi connectivity index (χ4v) is 1.56. The molecule has 1 saturated heterocycles. The molecule has 0 spiro atoms. The Balaban J connectivity index is 2.05. The first-order valence-electron chi connectivity index (χ1n) is 5.28. The number of primary amides is 1. The van der Waals surface area contributed by atoms with Crippen LogP contribution < -0.4 is 11.1 Å². The van der Waals surface area contributed by atoms with E-state index in [1.807, 2.05) is 6.92 Å². The topological polar surface area (TPSA) is 64.3 Å². The van der Waals surface area contributed by atoms with E-state index in [2.05, 4.69) is 5.32 Å². The molecule has 4 nitrogen and oxygen atoms in total. The molecule has 1 heterocycles. The minimum Gasteiger partial charge on any atom is -0.381 e. The van der Waals surface area contributed by atoms with Crippen LogP contribution in [-0.4, -0.2) is 32.2 Å². The van der Waals surface area contributed by atoms with Crippen LogP contribution in [0, 0.1) is 11.8 Å². The van der Waals surface area contributed by atoms with E-state index in [0.29, 0.717) is 12.5 Å². The molecule has 4 heteroatoms. The van der Waals surface area contributed by atoms with Crippen LogP contribution in [0.2, 0.25) is 0 Å². The summed E-state index contributed by atoms with van der Waals surface area (Å²) < 4.78 is 5.26. The lowest BCUT2D eigenvalue weighted by Crippen LogP contribution is -2.34. The Hall–Kier alpha value is -0.610. The molecule has 0 aromatic carbocycles. The Kier molecular flexibility index (Phi) is 4.90. The van der Waals surface area contributed by atoms with Gasteiger partial charge in [0.1, 0.15) is 0 Å². The van der Waals surface area contributed by atoms with Gasteiger partial charge in [-0.15, -0.1) is 0 Å². The third kappa shape index (κ3) is 4.07. The van der Waals surface area contributed by atoms with Gasteiger partial charge < -0.3 is 15.8 Å². The summed E-state index contributed by atoms with van der Waals surface area (Å²) in [4.78, 5) is 10.7. The number of nitrogens with two attached hydrogens (primary N) is 1. The Bertz CT molecular complexity index is 179. The van der Waals surface area contributed by atoms with Crippen LogP contribution in [0.25, 0.3) is 0 Å². The monoisotopic (exact) mass is 200 g/mol. The van der Waals surface area contributed by atoms with Crippen LogP contribution in [0.1, 0.15) is 19.8 Å². The highest BCUT2D eigenvalue weighted by Crippen LogP contribution is 2.13. The van der Waals surface area contributed by atoms with Gasteiger partial charge in [0.2, 0.25) is 5.91 Å². The van der Waals surface area contributed by atoms with Gasteiger partial charge in [-0.1, -0.05) is 6.92 Å². The maximum atomic E-state index is 10.7. The quantitative estimate of drug-likeness (QED) is 0.662. The number of hydrogen-bond acceptors (Lipinski definition) is 3. The number of ether oxygens (including phenoxy) is 1. The van der Waals surface area contributed by atoms with Gasteiger partial charge in [0, 0.05) is 25.7 Å². The lowest BCUT2D eigenvalue weighted by atomic mass is 10.0. The summed E-state index contributed by atoms with van der Waals surface area (Å²) in [7, 11) is 0. The zero-order chi connectivity index (χ0) is 10.4. The zero-order valence-corrected chi connectivity index (χ0v) is 8.79. The van der Waals surface area contributed by atoms with Gasteiger partial charge >= 0.3 is 0 Å². The summed E-state index contributed by atoms with van der Waals surface area (Å²) in [5.41, 5.74) is 5.16. The molecule has 1 amide bonds. The Morgan fingerprint density at radius 2 is 2.21 bits per heavy atom. The molecule has 1 atom stereocenters. The van der Waals surface area contributed by atoms with Gasteiger partial charge in [0.25, 0.3) is 0 Å². The molecular weight excluding hydrogens is 180 g/mol. The third-order valence-electron chi connectivity index (χ3n) is 2.71. The molecule has 0 bridgehead atoms. The smallest absolute Gasteiger partial charge is 0.221 e. The van der Waals surface area contributed by atoms with Gasteiger partial charge in [0.05, 0.1) is 0 Å². The van der Waals surface area contributed by atoms with Gasteiger partial charge in [-0.2, -0.15) is 0 Å². The fourth-order valence-electron chi connectivity index (χ4n) is 1.56. The van der Waals surface area contributed by atoms with Crippen LogP contribution in [0.15, 0.2) is 0 Å². The highest BCUT2D eigenvalue weighted by molar-refractivity contribution is 5.76. The Morgan fingerprint density at radius 3 is 2.79 bits per heavy atom. The minimum atomic E-state index is -0.232. The van der Waals surface area contributed by atoms with Crippen LogP contribution in [0.3, 0.4) is 0 Å². The number of rotatable bonds is 5. The van der Waals surface area contributed by atoms with E-state index >= 15 is 0 Å². The van der Waals surface area contributed by atoms with E-state index in [-0.39, 0.29) is 11.8 Å². The van der Waals surface area contributed by atoms with Crippen molar-refractivity contribution >= 4 is 5.91 Å². The van der Waals surface area contributed by atoms with Crippen LogP contribution in [0.5, 0.6) is 0 Å². The molecule has 0 aliphatic carbocycles. The summed E-state index contributed by atoms with van der Waals surface area (Å²) in [5, 5.41) is 3.28. The number of carbonyl (C=O) groups excluding carboxylic acids is 1. The van der Waals surface area contributed by atoms with Crippen molar-refractivity contribution in [3.8, 4) is 0 Å². The first-order valence-corrected chi connectivity index (χ1v) is 5.28. The molecule has 3 N–H and O–H groups in total. The summed E-state index contributed by atoms with van der Waals surface area (Å²) in [6.45, 7) is 5.25.